The Morgan fingerprint density at radius 2 is 1.66 bits per heavy atom. The fourth-order valence-electron chi connectivity index (χ4n) is 2.33. The summed E-state index contributed by atoms with van der Waals surface area (Å²) in [4.78, 5) is 24.2. The highest BCUT2D eigenvalue weighted by molar-refractivity contribution is 6.30. The summed E-state index contributed by atoms with van der Waals surface area (Å²) in [5.74, 6) is 0.549. The number of nitrogens with zero attached hydrogens (tertiary/aromatic N) is 3. The van der Waals surface area contributed by atoms with Crippen molar-refractivity contribution in [2.45, 2.75) is 0 Å². The van der Waals surface area contributed by atoms with Crippen molar-refractivity contribution in [3.05, 3.63) is 72.0 Å². The van der Waals surface area contributed by atoms with Crippen LogP contribution in [0.25, 0.3) is 5.57 Å². The first-order valence-corrected chi connectivity index (χ1v) is 8.69. The molecule has 0 unspecified atom stereocenters. The zero-order chi connectivity index (χ0) is 20.6. The van der Waals surface area contributed by atoms with Crippen LogP contribution in [0.1, 0.15) is 5.56 Å². The summed E-state index contributed by atoms with van der Waals surface area (Å²) in [6.07, 6.45) is 4.11. The predicted molar refractivity (Wildman–Crippen MR) is 105 cm³/mol. The topological polar surface area (TPSA) is 92.7 Å². The van der Waals surface area contributed by atoms with E-state index in [9.17, 15) is 4.79 Å². The normalized spacial score (nSPS) is 10.9. The van der Waals surface area contributed by atoms with Crippen molar-refractivity contribution in [3.8, 4) is 23.3 Å². The number of hydrogen-bond acceptors (Lipinski definition) is 8. The number of carbonyl (C=O) groups is 1. The van der Waals surface area contributed by atoms with Crippen LogP contribution in [-0.2, 0) is 14.3 Å². The number of para-hydroxylation sites is 1. The molecule has 2 aromatic heterocycles. The first-order valence-electron chi connectivity index (χ1n) is 8.31. The summed E-state index contributed by atoms with van der Waals surface area (Å²) >= 11 is 6.00. The monoisotopic (exact) mass is 413 g/mol. The molecule has 0 amide bonds. The van der Waals surface area contributed by atoms with Crippen molar-refractivity contribution in [2.75, 3.05) is 14.2 Å². The number of carbonyl (C=O) groups excluding carboxylic acids is 1. The van der Waals surface area contributed by atoms with E-state index >= 15 is 0 Å². The molecular weight excluding hydrogens is 398 g/mol. The van der Waals surface area contributed by atoms with Gasteiger partial charge in [0.15, 0.2) is 10.9 Å². The predicted octanol–water partition coefficient (Wildman–Crippen LogP) is 4.27. The molecule has 0 spiro atoms. The molecule has 148 valence electrons. The molecule has 0 bridgehead atoms. The number of rotatable bonds is 7. The number of ether oxygens (including phenoxy) is 4. The first kappa shape index (κ1) is 20.1. The van der Waals surface area contributed by atoms with E-state index in [1.165, 1.54) is 32.9 Å². The molecule has 0 atom stereocenters. The van der Waals surface area contributed by atoms with Crippen molar-refractivity contribution in [1.82, 2.24) is 15.0 Å². The van der Waals surface area contributed by atoms with E-state index in [0.717, 1.165) is 0 Å². The summed E-state index contributed by atoms with van der Waals surface area (Å²) in [6, 6.07) is 11.7. The Labute approximate surface area is 171 Å². The minimum Gasteiger partial charge on any atom is -0.503 e. The maximum absolute atomic E-state index is 12.1. The third kappa shape index (κ3) is 4.99. The molecule has 29 heavy (non-hydrogen) atoms. The number of hydrogen-bond donors (Lipinski definition) is 0. The Hall–Kier alpha value is -3.65. The molecule has 0 fully saturated rings. The number of benzene rings is 1. The van der Waals surface area contributed by atoms with E-state index in [1.54, 1.807) is 42.6 Å². The zero-order valence-corrected chi connectivity index (χ0v) is 16.3. The second kappa shape index (κ2) is 9.52. The third-order valence-electron chi connectivity index (χ3n) is 3.59. The molecule has 9 heteroatoms. The van der Waals surface area contributed by atoms with Crippen LogP contribution < -0.4 is 9.47 Å². The van der Waals surface area contributed by atoms with Gasteiger partial charge in [0.05, 0.1) is 26.5 Å². The minimum atomic E-state index is -0.569. The van der Waals surface area contributed by atoms with Crippen LogP contribution in [0.15, 0.2) is 61.3 Å². The maximum Gasteiger partial charge on any atom is 0.341 e. The second-order valence-corrected chi connectivity index (χ2v) is 5.80. The third-order valence-corrected chi connectivity index (χ3v) is 3.87. The smallest absolute Gasteiger partial charge is 0.341 e. The Bertz CT molecular complexity index is 1040. The molecule has 2 heterocycles. The van der Waals surface area contributed by atoms with Crippen LogP contribution in [0.3, 0.4) is 0 Å². The second-order valence-electron chi connectivity index (χ2n) is 5.45. The fourth-order valence-corrected chi connectivity index (χ4v) is 2.49. The Kier molecular flexibility index (Phi) is 6.59. The molecule has 1 aromatic carbocycles. The van der Waals surface area contributed by atoms with E-state index in [4.69, 9.17) is 30.5 Å². The lowest BCUT2D eigenvalue weighted by molar-refractivity contribution is -0.133. The van der Waals surface area contributed by atoms with Crippen LogP contribution >= 0.6 is 11.6 Å². The van der Waals surface area contributed by atoms with Gasteiger partial charge in [-0.25, -0.2) is 19.7 Å². The molecule has 0 aliphatic heterocycles. The van der Waals surface area contributed by atoms with Crippen LogP contribution in [0.2, 0.25) is 5.15 Å². The largest absolute Gasteiger partial charge is 0.503 e. The summed E-state index contributed by atoms with van der Waals surface area (Å²) in [6.45, 7) is 0. The van der Waals surface area contributed by atoms with Gasteiger partial charge in [-0.2, -0.15) is 0 Å². The fraction of sp³-hybridized carbons (Fsp3) is 0.100. The van der Waals surface area contributed by atoms with E-state index < -0.39 is 5.97 Å². The van der Waals surface area contributed by atoms with Gasteiger partial charge in [-0.3, -0.25) is 0 Å². The van der Waals surface area contributed by atoms with Crippen LogP contribution in [0, 0.1) is 0 Å². The SMILES string of the molecule is COC=C(C(=O)OC)c1ccccc1Oc1cc(Oc2cccnc2Cl)ncn1. The van der Waals surface area contributed by atoms with Gasteiger partial charge in [-0.1, -0.05) is 29.8 Å². The van der Waals surface area contributed by atoms with E-state index in [-0.39, 0.29) is 22.5 Å². The Morgan fingerprint density at radius 1 is 0.966 bits per heavy atom. The molecule has 0 aliphatic carbocycles. The summed E-state index contributed by atoms with van der Waals surface area (Å²) in [7, 11) is 2.72. The van der Waals surface area contributed by atoms with Crippen molar-refractivity contribution in [1.29, 1.82) is 0 Å². The van der Waals surface area contributed by atoms with Crippen LogP contribution in [0.4, 0.5) is 0 Å². The molecule has 3 rings (SSSR count). The van der Waals surface area contributed by atoms with Gasteiger partial charge in [0, 0.05) is 11.8 Å². The lowest BCUT2D eigenvalue weighted by Gasteiger charge is -2.12. The molecule has 0 saturated carbocycles. The maximum atomic E-state index is 12.1. The Balaban J connectivity index is 1.89. The lowest BCUT2D eigenvalue weighted by Crippen LogP contribution is -2.06. The van der Waals surface area contributed by atoms with E-state index in [0.29, 0.717) is 17.1 Å². The Morgan fingerprint density at radius 3 is 2.34 bits per heavy atom. The number of halogens is 1. The van der Waals surface area contributed by atoms with Gasteiger partial charge in [0.1, 0.15) is 17.6 Å². The van der Waals surface area contributed by atoms with E-state index in [2.05, 4.69) is 15.0 Å². The summed E-state index contributed by atoms with van der Waals surface area (Å²) < 4.78 is 21.3. The number of pyridine rings is 1. The molecular formula is C20H16ClN3O5. The van der Waals surface area contributed by atoms with Gasteiger partial charge in [0.25, 0.3) is 0 Å². The molecule has 3 aromatic rings. The highest BCUT2D eigenvalue weighted by Gasteiger charge is 2.18. The molecule has 8 nitrogen and oxygen atoms in total. The number of esters is 1. The van der Waals surface area contributed by atoms with Crippen molar-refractivity contribution in [2.24, 2.45) is 0 Å². The average Bonchev–Trinajstić information content (AvgIpc) is 2.74. The molecule has 0 aliphatic rings. The number of aromatic nitrogens is 3. The van der Waals surface area contributed by atoms with Gasteiger partial charge < -0.3 is 18.9 Å². The van der Waals surface area contributed by atoms with Crippen molar-refractivity contribution in [3.63, 3.8) is 0 Å². The van der Waals surface area contributed by atoms with Crippen molar-refractivity contribution < 1.29 is 23.7 Å². The molecule has 0 saturated heterocycles. The quantitative estimate of drug-likeness (QED) is 0.245. The van der Waals surface area contributed by atoms with Gasteiger partial charge >= 0.3 is 5.97 Å². The van der Waals surface area contributed by atoms with Crippen LogP contribution in [0.5, 0.6) is 23.3 Å². The van der Waals surface area contributed by atoms with Crippen LogP contribution in [-0.4, -0.2) is 35.1 Å². The molecule has 0 radical (unpaired) electrons. The first-order chi connectivity index (χ1) is 14.1. The average molecular weight is 414 g/mol. The van der Waals surface area contributed by atoms with E-state index in [1.807, 2.05) is 0 Å². The van der Waals surface area contributed by atoms with Gasteiger partial charge in [-0.15, -0.1) is 0 Å². The van der Waals surface area contributed by atoms with Gasteiger partial charge in [-0.05, 0) is 18.2 Å². The van der Waals surface area contributed by atoms with Crippen molar-refractivity contribution >= 4 is 23.1 Å². The summed E-state index contributed by atoms with van der Waals surface area (Å²) in [5, 5.41) is 0.200. The standard InChI is InChI=1S/C20H16ClN3O5/c1-26-11-14(20(25)27-2)13-6-3-4-7-15(13)28-17-10-18(24-12-23-17)29-16-8-5-9-22-19(16)21/h3-12H,1-2H3. The number of methoxy groups -OCH3 is 2. The molecule has 0 N–H and O–H groups in total. The minimum absolute atomic E-state index is 0.193. The highest BCUT2D eigenvalue weighted by atomic mass is 35.5. The summed E-state index contributed by atoms with van der Waals surface area (Å²) in [5.41, 5.74) is 0.663. The zero-order valence-electron chi connectivity index (χ0n) is 15.5. The highest BCUT2D eigenvalue weighted by Crippen LogP contribution is 2.32. The van der Waals surface area contributed by atoms with Gasteiger partial charge in [0.2, 0.25) is 11.8 Å². The lowest BCUT2D eigenvalue weighted by atomic mass is 10.1.